The van der Waals surface area contributed by atoms with Crippen molar-refractivity contribution in [2.45, 2.75) is 12.6 Å². The first kappa shape index (κ1) is 17.2. The second-order valence-electron chi connectivity index (χ2n) is 5.18. The smallest absolute Gasteiger partial charge is 0.433 e. The third-order valence-corrected chi connectivity index (χ3v) is 3.95. The first-order valence-corrected chi connectivity index (χ1v) is 7.65. The van der Waals surface area contributed by atoms with Gasteiger partial charge >= 0.3 is 12.1 Å². The van der Waals surface area contributed by atoms with Crippen molar-refractivity contribution in [1.82, 2.24) is 14.6 Å². The van der Waals surface area contributed by atoms with Gasteiger partial charge in [0.25, 0.3) is 5.56 Å². The first-order valence-electron chi connectivity index (χ1n) is 6.86. The number of carbonyl (C=O) groups is 1. The van der Waals surface area contributed by atoms with E-state index in [1.54, 1.807) is 12.1 Å². The zero-order valence-electron chi connectivity index (χ0n) is 12.3. The Morgan fingerprint density at radius 3 is 2.48 bits per heavy atom. The number of nitrogens with one attached hydrogen (secondary N) is 1. The highest BCUT2D eigenvalue weighted by molar-refractivity contribution is 9.10. The summed E-state index contributed by atoms with van der Waals surface area (Å²) in [7, 11) is 0. The molecule has 0 saturated carbocycles. The van der Waals surface area contributed by atoms with Gasteiger partial charge in [-0.05, 0) is 17.7 Å². The van der Waals surface area contributed by atoms with Gasteiger partial charge in [0.05, 0.1) is 17.7 Å². The predicted molar refractivity (Wildman–Crippen MR) is 85.3 cm³/mol. The van der Waals surface area contributed by atoms with Crippen molar-refractivity contribution < 1.29 is 23.1 Å². The van der Waals surface area contributed by atoms with Crippen molar-refractivity contribution >= 4 is 27.5 Å². The Balaban J connectivity index is 2.37. The lowest BCUT2D eigenvalue weighted by atomic mass is 10.1. The second kappa shape index (κ2) is 6.03. The van der Waals surface area contributed by atoms with Gasteiger partial charge in [-0.3, -0.25) is 14.7 Å². The number of rotatable bonds is 3. The number of aliphatic carboxylic acids is 1. The predicted octanol–water partition coefficient (Wildman–Crippen LogP) is 3.10. The summed E-state index contributed by atoms with van der Waals surface area (Å²) < 4.78 is 41.6. The van der Waals surface area contributed by atoms with Crippen LogP contribution in [0.15, 0.2) is 39.6 Å². The zero-order chi connectivity index (χ0) is 18.4. The number of fused-ring (bicyclic) bond motifs is 1. The van der Waals surface area contributed by atoms with Gasteiger partial charge in [0.2, 0.25) is 0 Å². The van der Waals surface area contributed by atoms with Gasteiger partial charge in [0, 0.05) is 10.5 Å². The number of carboxylic acids is 1. The lowest BCUT2D eigenvalue weighted by molar-refractivity contribution is -0.141. The van der Waals surface area contributed by atoms with Crippen molar-refractivity contribution in [1.29, 1.82) is 0 Å². The number of aromatic nitrogens is 3. The molecule has 130 valence electrons. The molecule has 0 aliphatic heterocycles. The maximum Gasteiger partial charge on any atom is 0.433 e. The molecule has 3 rings (SSSR count). The molecule has 0 amide bonds. The molecule has 0 saturated heterocycles. The maximum atomic E-state index is 13.4. The lowest BCUT2D eigenvalue weighted by Gasteiger charge is -2.07. The molecule has 0 bridgehead atoms. The van der Waals surface area contributed by atoms with E-state index in [0.717, 1.165) is 6.07 Å². The summed E-state index contributed by atoms with van der Waals surface area (Å²) in [6.45, 7) is 0. The Labute approximate surface area is 146 Å². The van der Waals surface area contributed by atoms with E-state index < -0.39 is 29.8 Å². The van der Waals surface area contributed by atoms with Gasteiger partial charge in [-0.25, -0.2) is 9.50 Å². The molecule has 1 aromatic carbocycles. The number of carboxylic acid groups (broad SMARTS) is 1. The molecule has 0 spiro atoms. The second-order valence-corrected chi connectivity index (χ2v) is 6.10. The number of alkyl halides is 3. The minimum absolute atomic E-state index is 0.122. The van der Waals surface area contributed by atoms with Crippen LogP contribution < -0.4 is 5.56 Å². The molecular weight excluding hydrogens is 407 g/mol. The first-order chi connectivity index (χ1) is 11.7. The molecule has 0 radical (unpaired) electrons. The summed E-state index contributed by atoms with van der Waals surface area (Å²) in [5.41, 5.74) is -2.48. The highest BCUT2D eigenvalue weighted by atomic mass is 79.9. The van der Waals surface area contributed by atoms with Crippen molar-refractivity contribution in [2.24, 2.45) is 0 Å². The normalized spacial score (nSPS) is 11.8. The van der Waals surface area contributed by atoms with E-state index in [-0.39, 0.29) is 22.5 Å². The molecule has 3 aromatic rings. The molecule has 0 aliphatic rings. The highest BCUT2D eigenvalue weighted by Crippen LogP contribution is 2.38. The van der Waals surface area contributed by atoms with E-state index in [2.05, 4.69) is 20.9 Å². The molecule has 6 nitrogen and oxygen atoms in total. The Bertz CT molecular complexity index is 1020. The minimum Gasteiger partial charge on any atom is -0.481 e. The molecule has 10 heteroatoms. The van der Waals surface area contributed by atoms with Crippen molar-refractivity contribution in [3.8, 4) is 11.1 Å². The zero-order valence-corrected chi connectivity index (χ0v) is 13.8. The topological polar surface area (TPSA) is 87.5 Å². The molecular formula is C15H9BrF3N3O3. The average Bonchev–Trinajstić information content (AvgIpc) is 2.87. The van der Waals surface area contributed by atoms with Crippen LogP contribution in [0.2, 0.25) is 0 Å². The Morgan fingerprint density at radius 1 is 1.28 bits per heavy atom. The number of halogens is 4. The molecule has 2 N–H and O–H groups in total. The van der Waals surface area contributed by atoms with E-state index in [1.807, 2.05) is 5.10 Å². The van der Waals surface area contributed by atoms with E-state index in [0.29, 0.717) is 8.99 Å². The van der Waals surface area contributed by atoms with Gasteiger partial charge in [-0.15, -0.1) is 0 Å². The monoisotopic (exact) mass is 415 g/mol. The molecule has 0 aliphatic carbocycles. The fraction of sp³-hybridized carbons (Fsp3) is 0.133. The Hall–Kier alpha value is -2.62. The Kier molecular flexibility index (Phi) is 4.15. The standard InChI is InChI=1S/C15H9BrF3N3O3/c16-8-3-1-7(2-4-8)12-13(15(17,18)19)21-22-10(23)5-9(6-11(24)25)20-14(12)22/h1-5,21H,6H2,(H,24,25). The molecule has 0 atom stereocenters. The number of hydrogen-bond acceptors (Lipinski definition) is 3. The van der Waals surface area contributed by atoms with Gasteiger partial charge in [0.1, 0.15) is 5.69 Å². The van der Waals surface area contributed by atoms with Crippen LogP contribution in [0.1, 0.15) is 11.4 Å². The molecule has 25 heavy (non-hydrogen) atoms. The summed E-state index contributed by atoms with van der Waals surface area (Å²) in [6.07, 6.45) is -5.33. The van der Waals surface area contributed by atoms with Gasteiger partial charge in [-0.2, -0.15) is 13.2 Å². The Morgan fingerprint density at radius 2 is 1.92 bits per heavy atom. The number of H-pyrrole nitrogens is 1. The number of aromatic amines is 1. The van der Waals surface area contributed by atoms with Crippen LogP contribution in [-0.2, 0) is 17.4 Å². The van der Waals surface area contributed by atoms with E-state index in [9.17, 15) is 22.8 Å². The van der Waals surface area contributed by atoms with Crippen molar-refractivity contribution in [2.75, 3.05) is 0 Å². The third kappa shape index (κ3) is 3.29. The average molecular weight is 416 g/mol. The highest BCUT2D eigenvalue weighted by Gasteiger charge is 2.38. The summed E-state index contributed by atoms with van der Waals surface area (Å²) >= 11 is 3.20. The fourth-order valence-corrected chi connectivity index (χ4v) is 2.69. The van der Waals surface area contributed by atoms with Crippen LogP contribution in [-0.4, -0.2) is 25.7 Å². The summed E-state index contributed by atoms with van der Waals surface area (Å²) in [4.78, 5) is 26.9. The third-order valence-electron chi connectivity index (χ3n) is 3.42. The summed E-state index contributed by atoms with van der Waals surface area (Å²) in [5.74, 6) is -1.24. The summed E-state index contributed by atoms with van der Waals surface area (Å²) in [6, 6.07) is 6.89. The van der Waals surface area contributed by atoms with Gasteiger partial charge in [-0.1, -0.05) is 28.1 Å². The summed E-state index contributed by atoms with van der Waals surface area (Å²) in [5, 5.41) is 10.9. The van der Waals surface area contributed by atoms with Crippen LogP contribution >= 0.6 is 15.9 Å². The minimum atomic E-state index is -4.75. The maximum absolute atomic E-state index is 13.4. The molecule has 2 heterocycles. The van der Waals surface area contributed by atoms with E-state index in [4.69, 9.17) is 5.11 Å². The lowest BCUT2D eigenvalue weighted by Crippen LogP contribution is -2.17. The van der Waals surface area contributed by atoms with Crippen molar-refractivity contribution in [3.63, 3.8) is 0 Å². The van der Waals surface area contributed by atoms with Crippen LogP contribution in [0.3, 0.4) is 0 Å². The molecule has 0 unspecified atom stereocenters. The quantitative estimate of drug-likeness (QED) is 0.687. The molecule has 2 aromatic heterocycles. The van der Waals surface area contributed by atoms with Gasteiger partial charge in [0.15, 0.2) is 5.65 Å². The largest absolute Gasteiger partial charge is 0.481 e. The van der Waals surface area contributed by atoms with Crippen LogP contribution in [0.5, 0.6) is 0 Å². The van der Waals surface area contributed by atoms with Crippen LogP contribution in [0, 0.1) is 0 Å². The SMILES string of the molecule is O=C(O)Cc1cc(=O)n2[nH]c(C(F)(F)F)c(-c3ccc(Br)cc3)c2n1. The number of hydrogen-bond donors (Lipinski definition) is 2. The van der Waals surface area contributed by atoms with E-state index >= 15 is 0 Å². The van der Waals surface area contributed by atoms with Crippen molar-refractivity contribution in [3.05, 3.63) is 56.5 Å². The van der Waals surface area contributed by atoms with Crippen LogP contribution in [0.25, 0.3) is 16.8 Å². The van der Waals surface area contributed by atoms with E-state index in [1.165, 1.54) is 12.1 Å². The molecule has 0 fully saturated rings. The number of benzene rings is 1. The van der Waals surface area contributed by atoms with Crippen LogP contribution in [0.4, 0.5) is 13.2 Å². The number of nitrogens with zero attached hydrogens (tertiary/aromatic N) is 2. The van der Waals surface area contributed by atoms with Gasteiger partial charge < -0.3 is 5.11 Å². The fourth-order valence-electron chi connectivity index (χ4n) is 2.43.